The zero-order valence-corrected chi connectivity index (χ0v) is 10.8. The van der Waals surface area contributed by atoms with Gasteiger partial charge in [0.1, 0.15) is 0 Å². The van der Waals surface area contributed by atoms with E-state index in [0.717, 1.165) is 0 Å². The lowest BCUT2D eigenvalue weighted by molar-refractivity contribution is -0.143. The maximum absolute atomic E-state index is 12.1. The molecule has 5 nitrogen and oxygen atoms in total. The maximum atomic E-state index is 12.1. The second-order valence-corrected chi connectivity index (χ2v) is 5.50. The van der Waals surface area contributed by atoms with Gasteiger partial charge in [-0.2, -0.15) is 0 Å². The van der Waals surface area contributed by atoms with Crippen LogP contribution in [0.1, 0.15) is 13.8 Å². The zero-order chi connectivity index (χ0) is 12.8. The Balaban J connectivity index is 2.01. The van der Waals surface area contributed by atoms with Gasteiger partial charge in [0.2, 0.25) is 11.8 Å². The van der Waals surface area contributed by atoms with Crippen LogP contribution >= 0.6 is 0 Å². The number of fused-ring (bicyclic) bond motifs is 1. The van der Waals surface area contributed by atoms with E-state index in [9.17, 15) is 9.59 Å². The van der Waals surface area contributed by atoms with Crippen LogP contribution < -0.4 is 5.32 Å². The van der Waals surface area contributed by atoms with E-state index in [4.69, 9.17) is 4.74 Å². The summed E-state index contributed by atoms with van der Waals surface area (Å²) in [7, 11) is 3.41. The molecule has 1 heterocycles. The average Bonchev–Trinajstić information content (AvgIpc) is 2.74. The standard InChI is InChI=1S/C12H20N2O3/c1-12(2)8-9(12)11(16)14(10(8)15)5-7(13-3)6-17-4/h7-9,13H,5-6H2,1-4H3. The number of nitrogens with zero attached hydrogens (tertiary/aromatic N) is 1. The molecule has 96 valence electrons. The predicted octanol–water partition coefficient (Wildman–Crippen LogP) is -0.138. The topological polar surface area (TPSA) is 58.6 Å². The van der Waals surface area contributed by atoms with Gasteiger partial charge in [0.15, 0.2) is 0 Å². The molecular weight excluding hydrogens is 220 g/mol. The molecule has 0 aromatic carbocycles. The Hall–Kier alpha value is -0.940. The van der Waals surface area contributed by atoms with E-state index in [1.807, 2.05) is 13.8 Å². The number of carbonyl (C=O) groups is 2. The first-order valence-corrected chi connectivity index (χ1v) is 5.96. The van der Waals surface area contributed by atoms with Crippen LogP contribution in [0.15, 0.2) is 0 Å². The zero-order valence-electron chi connectivity index (χ0n) is 10.8. The molecule has 1 aliphatic carbocycles. The highest BCUT2D eigenvalue weighted by molar-refractivity contribution is 6.10. The number of piperidine rings is 1. The van der Waals surface area contributed by atoms with Gasteiger partial charge >= 0.3 is 0 Å². The molecule has 1 N–H and O–H groups in total. The molecule has 0 bridgehead atoms. The number of imide groups is 1. The highest BCUT2D eigenvalue weighted by atomic mass is 16.5. The van der Waals surface area contributed by atoms with Crippen molar-refractivity contribution in [2.45, 2.75) is 19.9 Å². The minimum atomic E-state index is -0.124. The Kier molecular flexibility index (Phi) is 2.99. The SMILES string of the molecule is CNC(COC)CN1C(=O)C2C(C1=O)C2(C)C. The number of ether oxygens (including phenoxy) is 1. The lowest BCUT2D eigenvalue weighted by Gasteiger charge is -2.25. The molecule has 2 amide bonds. The predicted molar refractivity (Wildman–Crippen MR) is 62.2 cm³/mol. The number of nitrogens with one attached hydrogen (secondary N) is 1. The molecule has 0 aromatic rings. The van der Waals surface area contributed by atoms with E-state index in [1.165, 1.54) is 4.90 Å². The molecule has 2 rings (SSSR count). The van der Waals surface area contributed by atoms with E-state index < -0.39 is 0 Å². The number of amides is 2. The quantitative estimate of drug-likeness (QED) is 0.680. The molecule has 3 atom stereocenters. The first-order chi connectivity index (χ1) is 7.95. The van der Waals surface area contributed by atoms with Crippen molar-refractivity contribution in [3.63, 3.8) is 0 Å². The summed E-state index contributed by atoms with van der Waals surface area (Å²) in [5, 5.41) is 3.05. The fourth-order valence-corrected chi connectivity index (χ4v) is 2.83. The maximum Gasteiger partial charge on any atom is 0.233 e. The van der Waals surface area contributed by atoms with E-state index in [2.05, 4.69) is 5.32 Å². The summed E-state index contributed by atoms with van der Waals surface area (Å²) in [6, 6.07) is 0.00788. The monoisotopic (exact) mass is 240 g/mol. The third kappa shape index (κ3) is 1.77. The lowest BCUT2D eigenvalue weighted by atomic mass is 10.1. The van der Waals surface area contributed by atoms with Crippen molar-refractivity contribution in [1.29, 1.82) is 0 Å². The molecule has 1 aliphatic heterocycles. The summed E-state index contributed by atoms with van der Waals surface area (Å²) in [5.74, 6) is -0.201. The Labute approximate surface area is 101 Å². The van der Waals surface area contributed by atoms with Crippen molar-refractivity contribution in [2.75, 3.05) is 27.3 Å². The first kappa shape index (κ1) is 12.5. The number of likely N-dealkylation sites (N-methyl/N-ethyl adjacent to an activating group) is 1. The van der Waals surface area contributed by atoms with Gasteiger partial charge in [-0.3, -0.25) is 14.5 Å². The molecule has 2 aliphatic rings. The number of methoxy groups -OCH3 is 1. The molecule has 0 spiro atoms. The molecule has 5 heteroatoms. The van der Waals surface area contributed by atoms with Crippen molar-refractivity contribution in [2.24, 2.45) is 17.3 Å². The van der Waals surface area contributed by atoms with Gasteiger partial charge in [0.05, 0.1) is 18.4 Å². The van der Waals surface area contributed by atoms with E-state index >= 15 is 0 Å². The molecule has 1 saturated carbocycles. The van der Waals surface area contributed by atoms with Crippen molar-refractivity contribution in [3.05, 3.63) is 0 Å². The van der Waals surface area contributed by atoms with Gasteiger partial charge in [-0.05, 0) is 12.5 Å². The van der Waals surface area contributed by atoms with Crippen LogP contribution in [0.5, 0.6) is 0 Å². The van der Waals surface area contributed by atoms with E-state index in [-0.39, 0.29) is 35.1 Å². The summed E-state index contributed by atoms with van der Waals surface area (Å²) >= 11 is 0. The fraction of sp³-hybridized carbons (Fsp3) is 0.833. The minimum absolute atomic E-state index is 0.00788. The second-order valence-electron chi connectivity index (χ2n) is 5.50. The van der Waals surface area contributed by atoms with E-state index in [1.54, 1.807) is 14.2 Å². The van der Waals surface area contributed by atoms with Crippen molar-refractivity contribution < 1.29 is 14.3 Å². The van der Waals surface area contributed by atoms with Gasteiger partial charge in [-0.1, -0.05) is 13.8 Å². The molecule has 2 fully saturated rings. The summed E-state index contributed by atoms with van der Waals surface area (Å²) in [6.45, 7) is 4.87. The fourth-order valence-electron chi connectivity index (χ4n) is 2.83. The van der Waals surface area contributed by atoms with Gasteiger partial charge in [-0.25, -0.2) is 0 Å². The minimum Gasteiger partial charge on any atom is -0.383 e. The molecule has 0 radical (unpaired) electrons. The van der Waals surface area contributed by atoms with Gasteiger partial charge < -0.3 is 10.1 Å². The lowest BCUT2D eigenvalue weighted by Crippen LogP contribution is -2.46. The summed E-state index contributed by atoms with van der Waals surface area (Å²) in [5.41, 5.74) is -0.124. The largest absolute Gasteiger partial charge is 0.383 e. The molecule has 17 heavy (non-hydrogen) atoms. The first-order valence-electron chi connectivity index (χ1n) is 5.96. The van der Waals surface area contributed by atoms with Gasteiger partial charge in [-0.15, -0.1) is 0 Å². The van der Waals surface area contributed by atoms with Crippen LogP contribution in [-0.2, 0) is 14.3 Å². The third-order valence-electron chi connectivity index (χ3n) is 4.07. The summed E-state index contributed by atoms with van der Waals surface area (Å²) < 4.78 is 5.04. The third-order valence-corrected chi connectivity index (χ3v) is 4.07. The molecule has 1 saturated heterocycles. The Morgan fingerprint density at radius 3 is 2.29 bits per heavy atom. The normalized spacial score (nSPS) is 31.6. The highest BCUT2D eigenvalue weighted by Crippen LogP contribution is 2.63. The summed E-state index contributed by atoms with van der Waals surface area (Å²) in [4.78, 5) is 25.5. The number of hydrogen-bond donors (Lipinski definition) is 1. The van der Waals surface area contributed by atoms with Gasteiger partial charge in [0.25, 0.3) is 0 Å². The Morgan fingerprint density at radius 2 is 1.88 bits per heavy atom. The highest BCUT2D eigenvalue weighted by Gasteiger charge is 2.72. The molecule has 0 aromatic heterocycles. The van der Waals surface area contributed by atoms with Crippen molar-refractivity contribution >= 4 is 11.8 Å². The van der Waals surface area contributed by atoms with Crippen molar-refractivity contribution in [1.82, 2.24) is 10.2 Å². The van der Waals surface area contributed by atoms with Crippen LogP contribution in [0, 0.1) is 17.3 Å². The summed E-state index contributed by atoms with van der Waals surface area (Å²) in [6.07, 6.45) is 0. The number of rotatable bonds is 5. The Bertz CT molecular complexity index is 330. The van der Waals surface area contributed by atoms with Crippen LogP contribution in [-0.4, -0.2) is 50.1 Å². The number of carbonyl (C=O) groups excluding carboxylic acids is 2. The molecular formula is C12H20N2O3. The number of likely N-dealkylation sites (tertiary alicyclic amines) is 1. The van der Waals surface area contributed by atoms with Crippen LogP contribution in [0.25, 0.3) is 0 Å². The van der Waals surface area contributed by atoms with Crippen molar-refractivity contribution in [3.8, 4) is 0 Å². The van der Waals surface area contributed by atoms with E-state index in [0.29, 0.717) is 13.2 Å². The van der Waals surface area contributed by atoms with Gasteiger partial charge in [0, 0.05) is 19.7 Å². The van der Waals surface area contributed by atoms with Crippen LogP contribution in [0.3, 0.4) is 0 Å². The number of hydrogen-bond acceptors (Lipinski definition) is 4. The molecule has 3 unspecified atom stereocenters. The van der Waals surface area contributed by atoms with Crippen LogP contribution in [0.4, 0.5) is 0 Å². The van der Waals surface area contributed by atoms with Crippen LogP contribution in [0.2, 0.25) is 0 Å². The smallest absolute Gasteiger partial charge is 0.233 e. The average molecular weight is 240 g/mol. The second kappa shape index (κ2) is 4.07. The Morgan fingerprint density at radius 1 is 1.35 bits per heavy atom.